The maximum atomic E-state index is 5.76. The molecule has 0 bridgehead atoms. The minimum Gasteiger partial charge on any atom is -0.303 e. The van der Waals surface area contributed by atoms with Crippen LogP contribution in [0, 0.1) is 11.8 Å². The molecule has 84 valence electrons. The van der Waals surface area contributed by atoms with Gasteiger partial charge < -0.3 is 4.90 Å². The number of nitrogens with zero attached hydrogens (tertiary/aromatic N) is 1. The number of alkyl halides is 1. The van der Waals surface area contributed by atoms with E-state index in [0.717, 1.165) is 17.7 Å². The van der Waals surface area contributed by atoms with Crippen LogP contribution < -0.4 is 0 Å². The number of likely N-dealkylation sites (tertiary alicyclic amines) is 1. The van der Waals surface area contributed by atoms with Crippen molar-refractivity contribution in [3.05, 3.63) is 0 Å². The molecule has 0 spiro atoms. The Bertz CT molecular complexity index is 147. The van der Waals surface area contributed by atoms with E-state index >= 15 is 0 Å². The first-order valence-electron chi connectivity index (χ1n) is 6.00. The summed E-state index contributed by atoms with van der Waals surface area (Å²) in [5.74, 6) is 2.58. The fraction of sp³-hybridized carbons (Fsp3) is 1.00. The Morgan fingerprint density at radius 3 is 2.86 bits per heavy atom. The van der Waals surface area contributed by atoms with Crippen LogP contribution in [0.15, 0.2) is 0 Å². The Balaban J connectivity index is 2.04. The lowest BCUT2D eigenvalue weighted by atomic mass is 10.1. The van der Waals surface area contributed by atoms with Crippen molar-refractivity contribution in [2.45, 2.75) is 39.5 Å². The summed E-state index contributed by atoms with van der Waals surface area (Å²) in [7, 11) is 0. The summed E-state index contributed by atoms with van der Waals surface area (Å²) in [5, 5.41) is 0. The molecule has 0 aromatic heterocycles. The van der Waals surface area contributed by atoms with E-state index in [9.17, 15) is 0 Å². The predicted octanol–water partition coefficient (Wildman–Crippen LogP) is 3.37. The van der Waals surface area contributed by atoms with E-state index in [-0.39, 0.29) is 0 Å². The second kappa shape index (κ2) is 6.68. The van der Waals surface area contributed by atoms with E-state index in [1.807, 2.05) is 0 Å². The molecular weight excluding hydrogens is 194 g/mol. The van der Waals surface area contributed by atoms with E-state index in [1.54, 1.807) is 0 Å². The first-order valence-corrected chi connectivity index (χ1v) is 6.54. The zero-order chi connectivity index (χ0) is 10.4. The molecule has 0 amide bonds. The standard InChI is InChI=1S/C12H24ClN/c1-11(2)4-3-8-14-9-6-12(10-14)5-7-13/h11-12H,3-10H2,1-2H3. The molecule has 0 saturated carbocycles. The van der Waals surface area contributed by atoms with Gasteiger partial charge in [-0.1, -0.05) is 13.8 Å². The summed E-state index contributed by atoms with van der Waals surface area (Å²) in [5.41, 5.74) is 0. The van der Waals surface area contributed by atoms with Crippen LogP contribution in [0.3, 0.4) is 0 Å². The molecule has 0 aromatic rings. The Hall–Kier alpha value is 0.250. The largest absolute Gasteiger partial charge is 0.303 e. The minimum absolute atomic E-state index is 0.838. The fourth-order valence-electron chi connectivity index (χ4n) is 2.23. The highest BCUT2D eigenvalue weighted by atomic mass is 35.5. The normalized spacial score (nSPS) is 23.6. The van der Waals surface area contributed by atoms with Crippen molar-refractivity contribution >= 4 is 11.6 Å². The van der Waals surface area contributed by atoms with E-state index in [2.05, 4.69) is 18.7 Å². The molecule has 1 heterocycles. The Kier molecular flexibility index (Phi) is 5.88. The van der Waals surface area contributed by atoms with Gasteiger partial charge in [0, 0.05) is 12.4 Å². The number of hydrogen-bond acceptors (Lipinski definition) is 1. The van der Waals surface area contributed by atoms with Gasteiger partial charge in [0.25, 0.3) is 0 Å². The third-order valence-electron chi connectivity index (χ3n) is 3.14. The van der Waals surface area contributed by atoms with Gasteiger partial charge in [0.2, 0.25) is 0 Å². The molecule has 1 saturated heterocycles. The molecule has 1 unspecified atom stereocenters. The van der Waals surface area contributed by atoms with Crippen molar-refractivity contribution in [2.24, 2.45) is 11.8 Å². The maximum absolute atomic E-state index is 5.76. The van der Waals surface area contributed by atoms with Crippen LogP contribution in [0.4, 0.5) is 0 Å². The Morgan fingerprint density at radius 1 is 1.43 bits per heavy atom. The molecule has 0 aromatic carbocycles. The van der Waals surface area contributed by atoms with Gasteiger partial charge >= 0.3 is 0 Å². The summed E-state index contributed by atoms with van der Waals surface area (Å²) in [6.45, 7) is 8.52. The van der Waals surface area contributed by atoms with Gasteiger partial charge in [0.15, 0.2) is 0 Å². The molecule has 0 aliphatic carbocycles. The van der Waals surface area contributed by atoms with Gasteiger partial charge in [-0.2, -0.15) is 0 Å². The van der Waals surface area contributed by atoms with Gasteiger partial charge in [0.05, 0.1) is 0 Å². The highest BCUT2D eigenvalue weighted by Gasteiger charge is 2.20. The van der Waals surface area contributed by atoms with Crippen LogP contribution in [0.25, 0.3) is 0 Å². The molecule has 0 radical (unpaired) electrons. The van der Waals surface area contributed by atoms with Gasteiger partial charge in [0.1, 0.15) is 0 Å². The lowest BCUT2D eigenvalue weighted by Gasteiger charge is -2.16. The molecule has 1 aliphatic rings. The lowest BCUT2D eigenvalue weighted by molar-refractivity contribution is 0.308. The third kappa shape index (κ3) is 4.65. The van der Waals surface area contributed by atoms with Crippen LogP contribution in [-0.2, 0) is 0 Å². The van der Waals surface area contributed by atoms with Crippen molar-refractivity contribution in [2.75, 3.05) is 25.5 Å². The summed E-state index contributed by atoms with van der Waals surface area (Å²) in [6, 6.07) is 0. The van der Waals surface area contributed by atoms with Crippen LogP contribution in [0.1, 0.15) is 39.5 Å². The van der Waals surface area contributed by atoms with E-state index in [0.29, 0.717) is 0 Å². The monoisotopic (exact) mass is 217 g/mol. The molecular formula is C12H24ClN. The molecule has 1 atom stereocenters. The Labute approximate surface area is 93.8 Å². The lowest BCUT2D eigenvalue weighted by Crippen LogP contribution is -2.22. The van der Waals surface area contributed by atoms with Crippen molar-refractivity contribution in [1.29, 1.82) is 0 Å². The average Bonchev–Trinajstić information content (AvgIpc) is 2.53. The predicted molar refractivity (Wildman–Crippen MR) is 64.0 cm³/mol. The summed E-state index contributed by atoms with van der Waals surface area (Å²) >= 11 is 5.76. The average molecular weight is 218 g/mol. The molecule has 1 aliphatic heterocycles. The first kappa shape index (κ1) is 12.3. The molecule has 2 heteroatoms. The zero-order valence-corrected chi connectivity index (χ0v) is 10.4. The van der Waals surface area contributed by atoms with Crippen molar-refractivity contribution < 1.29 is 0 Å². The maximum Gasteiger partial charge on any atom is 0.0226 e. The van der Waals surface area contributed by atoms with Gasteiger partial charge in [-0.25, -0.2) is 0 Å². The summed E-state index contributed by atoms with van der Waals surface area (Å²) < 4.78 is 0. The van der Waals surface area contributed by atoms with Gasteiger partial charge in [-0.15, -0.1) is 11.6 Å². The highest BCUT2D eigenvalue weighted by molar-refractivity contribution is 6.17. The van der Waals surface area contributed by atoms with Crippen molar-refractivity contribution in [1.82, 2.24) is 4.90 Å². The smallest absolute Gasteiger partial charge is 0.0226 e. The van der Waals surface area contributed by atoms with E-state index in [1.165, 1.54) is 45.3 Å². The summed E-state index contributed by atoms with van der Waals surface area (Å²) in [4.78, 5) is 2.61. The molecule has 1 fully saturated rings. The first-order chi connectivity index (χ1) is 6.72. The second-order valence-corrected chi connectivity index (χ2v) is 5.35. The van der Waals surface area contributed by atoms with Crippen molar-refractivity contribution in [3.8, 4) is 0 Å². The van der Waals surface area contributed by atoms with Gasteiger partial charge in [-0.3, -0.25) is 0 Å². The van der Waals surface area contributed by atoms with Crippen LogP contribution in [-0.4, -0.2) is 30.4 Å². The summed E-state index contributed by atoms with van der Waals surface area (Å²) in [6.07, 6.45) is 5.32. The quantitative estimate of drug-likeness (QED) is 0.617. The second-order valence-electron chi connectivity index (χ2n) is 4.97. The fourth-order valence-corrected chi connectivity index (χ4v) is 2.54. The molecule has 14 heavy (non-hydrogen) atoms. The van der Waals surface area contributed by atoms with Gasteiger partial charge in [-0.05, 0) is 50.6 Å². The molecule has 1 rings (SSSR count). The van der Waals surface area contributed by atoms with Crippen LogP contribution >= 0.6 is 11.6 Å². The Morgan fingerprint density at radius 2 is 2.21 bits per heavy atom. The van der Waals surface area contributed by atoms with E-state index in [4.69, 9.17) is 11.6 Å². The number of hydrogen-bond donors (Lipinski definition) is 0. The third-order valence-corrected chi connectivity index (χ3v) is 3.36. The minimum atomic E-state index is 0.838. The molecule has 1 nitrogen and oxygen atoms in total. The SMILES string of the molecule is CC(C)CCCN1CCC(CCCl)C1. The van der Waals surface area contributed by atoms with Crippen LogP contribution in [0.2, 0.25) is 0 Å². The van der Waals surface area contributed by atoms with Crippen molar-refractivity contribution in [3.63, 3.8) is 0 Å². The topological polar surface area (TPSA) is 3.24 Å². The highest BCUT2D eigenvalue weighted by Crippen LogP contribution is 2.20. The van der Waals surface area contributed by atoms with E-state index < -0.39 is 0 Å². The number of rotatable bonds is 6. The number of halogens is 1. The molecule has 0 N–H and O–H groups in total. The van der Waals surface area contributed by atoms with Crippen LogP contribution in [0.5, 0.6) is 0 Å². The zero-order valence-electron chi connectivity index (χ0n) is 9.64.